The van der Waals surface area contributed by atoms with Crippen molar-refractivity contribution < 1.29 is 30.6 Å². The molecular formula is C20H18FN5O6S3. The van der Waals surface area contributed by atoms with E-state index in [9.17, 15) is 30.6 Å². The molecule has 3 N–H and O–H groups in total. The number of imidazole rings is 1. The molecular weight excluding hydrogens is 521 g/mol. The van der Waals surface area contributed by atoms with Crippen molar-refractivity contribution in [3.63, 3.8) is 0 Å². The molecule has 0 aliphatic rings. The van der Waals surface area contributed by atoms with Gasteiger partial charge in [-0.1, -0.05) is 12.1 Å². The van der Waals surface area contributed by atoms with Gasteiger partial charge in [0.15, 0.2) is 15.0 Å². The van der Waals surface area contributed by atoms with Gasteiger partial charge >= 0.3 is 16.3 Å². The molecule has 2 heterocycles. The van der Waals surface area contributed by atoms with E-state index in [-0.39, 0.29) is 39.1 Å². The molecule has 0 aliphatic carbocycles. The number of nitrogens with zero attached hydrogens (tertiary/aromatic N) is 3. The predicted molar refractivity (Wildman–Crippen MR) is 127 cm³/mol. The predicted octanol–water partition coefficient (Wildman–Crippen LogP) is 2.89. The molecule has 184 valence electrons. The van der Waals surface area contributed by atoms with E-state index in [0.29, 0.717) is 9.54 Å². The Kier molecular flexibility index (Phi) is 6.59. The van der Waals surface area contributed by atoms with Crippen molar-refractivity contribution in [1.82, 2.24) is 19.3 Å². The number of aromatic nitrogens is 3. The number of carbonyl (C=O) groups is 1. The zero-order chi connectivity index (χ0) is 25.4. The molecule has 0 atom stereocenters. The molecule has 0 aliphatic heterocycles. The number of amides is 2. The number of aryl methyl sites for hydroxylation is 1. The molecule has 2 aromatic heterocycles. The molecule has 0 spiro atoms. The number of sulfone groups is 1. The number of carbonyl (C=O) groups excluding carboxylic acids is 1. The Labute approximate surface area is 203 Å². The van der Waals surface area contributed by atoms with E-state index in [1.54, 1.807) is 6.07 Å². The number of fused-ring (bicyclic) bond motifs is 1. The maximum absolute atomic E-state index is 13.2. The number of halogens is 1. The third-order valence-electron chi connectivity index (χ3n) is 4.78. The van der Waals surface area contributed by atoms with E-state index >= 15 is 0 Å². The van der Waals surface area contributed by atoms with Crippen LogP contribution < -0.4 is 10.6 Å². The van der Waals surface area contributed by atoms with E-state index in [2.05, 4.69) is 20.6 Å². The lowest BCUT2D eigenvalue weighted by atomic mass is 10.2. The fourth-order valence-electron chi connectivity index (χ4n) is 3.32. The second-order valence-corrected chi connectivity index (χ2v) is 11.5. The minimum atomic E-state index is -4.60. The Bertz CT molecular complexity index is 1650. The van der Waals surface area contributed by atoms with Crippen LogP contribution >= 0.6 is 11.3 Å². The van der Waals surface area contributed by atoms with Gasteiger partial charge in [-0.15, -0.1) is 11.3 Å². The number of hydrogen-bond donors (Lipinski definition) is 3. The number of rotatable bonds is 7. The van der Waals surface area contributed by atoms with Gasteiger partial charge in [0.05, 0.1) is 27.4 Å². The first-order valence-corrected chi connectivity index (χ1v) is 13.8. The third kappa shape index (κ3) is 5.64. The summed E-state index contributed by atoms with van der Waals surface area (Å²) in [7, 11) is -8.49. The standard InChI is InChI=1S/C20H18FN5O6S3/c1-12-23-17-8-16(5-6-18(17)26(12)35(30,31)32)34(28,29)11-15-10-33-20(24-15)25-19(27)22-9-13-3-2-4-14(21)7-13/h2-8,10H,9,11H2,1H3,(H,30,31,32)(H2,22,24,25,27). The van der Waals surface area contributed by atoms with E-state index in [1.807, 2.05) is 0 Å². The Morgan fingerprint density at radius 3 is 2.63 bits per heavy atom. The van der Waals surface area contributed by atoms with E-state index < -0.39 is 37.7 Å². The summed E-state index contributed by atoms with van der Waals surface area (Å²) in [5.74, 6) is -0.918. The second-order valence-electron chi connectivity index (χ2n) is 7.39. The Morgan fingerprint density at radius 1 is 1.14 bits per heavy atom. The number of nitrogens with one attached hydrogen (secondary N) is 2. The first-order chi connectivity index (χ1) is 16.4. The summed E-state index contributed by atoms with van der Waals surface area (Å²) in [6, 6.07) is 8.84. The summed E-state index contributed by atoms with van der Waals surface area (Å²) in [4.78, 5) is 20.1. The molecule has 4 rings (SSSR count). The first-order valence-electron chi connectivity index (χ1n) is 9.86. The fourth-order valence-corrected chi connectivity index (χ4v) is 6.18. The largest absolute Gasteiger partial charge is 0.365 e. The highest BCUT2D eigenvalue weighted by atomic mass is 32.2. The summed E-state index contributed by atoms with van der Waals surface area (Å²) in [5, 5.41) is 6.70. The zero-order valence-electron chi connectivity index (χ0n) is 18.0. The van der Waals surface area contributed by atoms with Gasteiger partial charge in [-0.3, -0.25) is 9.87 Å². The Balaban J connectivity index is 1.44. The molecule has 35 heavy (non-hydrogen) atoms. The molecule has 11 nitrogen and oxygen atoms in total. The minimum absolute atomic E-state index is 0.0251. The zero-order valence-corrected chi connectivity index (χ0v) is 20.4. The lowest BCUT2D eigenvalue weighted by Crippen LogP contribution is -2.28. The maximum Gasteiger partial charge on any atom is 0.365 e. The van der Waals surface area contributed by atoms with Crippen LogP contribution in [0.3, 0.4) is 0 Å². The topological polar surface area (TPSA) is 160 Å². The van der Waals surface area contributed by atoms with Crippen LogP contribution in [0.2, 0.25) is 0 Å². The molecule has 0 unspecified atom stereocenters. The number of anilines is 1. The van der Waals surface area contributed by atoms with Crippen LogP contribution in [0.25, 0.3) is 11.0 Å². The Morgan fingerprint density at radius 2 is 1.91 bits per heavy atom. The second kappa shape index (κ2) is 9.33. The Hall–Kier alpha value is -3.40. The average Bonchev–Trinajstić information content (AvgIpc) is 3.33. The normalized spacial score (nSPS) is 12.1. The van der Waals surface area contributed by atoms with E-state index in [1.165, 1.54) is 48.7 Å². The van der Waals surface area contributed by atoms with Gasteiger partial charge in [0.2, 0.25) is 0 Å². The van der Waals surface area contributed by atoms with Crippen molar-refractivity contribution >= 4 is 53.7 Å². The van der Waals surface area contributed by atoms with Crippen LogP contribution in [-0.2, 0) is 32.4 Å². The van der Waals surface area contributed by atoms with Crippen molar-refractivity contribution in [3.8, 4) is 0 Å². The monoisotopic (exact) mass is 539 g/mol. The van der Waals surface area contributed by atoms with Gasteiger partial charge < -0.3 is 5.32 Å². The van der Waals surface area contributed by atoms with Crippen LogP contribution in [-0.4, -0.2) is 41.4 Å². The van der Waals surface area contributed by atoms with Crippen LogP contribution in [0.5, 0.6) is 0 Å². The molecule has 15 heteroatoms. The summed E-state index contributed by atoms with van der Waals surface area (Å²) in [6.45, 7) is 1.45. The summed E-state index contributed by atoms with van der Waals surface area (Å²) in [6.07, 6.45) is 0. The molecule has 0 saturated heterocycles. The van der Waals surface area contributed by atoms with Gasteiger partial charge in [0.25, 0.3) is 0 Å². The highest BCUT2D eigenvalue weighted by Gasteiger charge is 2.22. The summed E-state index contributed by atoms with van der Waals surface area (Å²) in [5.41, 5.74) is 0.875. The molecule has 4 aromatic rings. The van der Waals surface area contributed by atoms with Crippen molar-refractivity contribution in [2.24, 2.45) is 0 Å². The first kappa shape index (κ1) is 24.7. The number of thiazole rings is 1. The smallest absolute Gasteiger partial charge is 0.334 e. The fraction of sp³-hybridized carbons (Fsp3) is 0.150. The minimum Gasteiger partial charge on any atom is -0.334 e. The molecule has 0 fully saturated rings. The van der Waals surface area contributed by atoms with Gasteiger partial charge in [-0.05, 0) is 42.8 Å². The van der Waals surface area contributed by atoms with Gasteiger partial charge in [-0.25, -0.2) is 31.5 Å². The van der Waals surface area contributed by atoms with E-state index in [0.717, 1.165) is 11.3 Å². The number of hydrogen-bond acceptors (Lipinski definition) is 8. The van der Waals surface area contributed by atoms with Crippen LogP contribution in [0.4, 0.5) is 14.3 Å². The number of benzene rings is 2. The van der Waals surface area contributed by atoms with Crippen molar-refractivity contribution in [2.45, 2.75) is 24.1 Å². The van der Waals surface area contributed by atoms with Gasteiger partial charge in [0.1, 0.15) is 11.6 Å². The van der Waals surface area contributed by atoms with Gasteiger partial charge in [-0.2, -0.15) is 8.42 Å². The van der Waals surface area contributed by atoms with Crippen LogP contribution in [0.15, 0.2) is 52.7 Å². The van der Waals surface area contributed by atoms with Crippen LogP contribution in [0, 0.1) is 12.7 Å². The molecule has 0 saturated carbocycles. The SMILES string of the molecule is Cc1nc2cc(S(=O)(=O)Cc3csc(NC(=O)NCc4cccc(F)c4)n3)ccc2n1S(=O)(=O)O. The van der Waals surface area contributed by atoms with Gasteiger partial charge in [0, 0.05) is 11.9 Å². The highest BCUT2D eigenvalue weighted by molar-refractivity contribution is 7.90. The molecule has 0 bridgehead atoms. The molecule has 2 amide bonds. The van der Waals surface area contributed by atoms with Crippen molar-refractivity contribution in [1.29, 1.82) is 0 Å². The average molecular weight is 540 g/mol. The lowest BCUT2D eigenvalue weighted by Gasteiger charge is -2.06. The summed E-state index contributed by atoms with van der Waals surface area (Å²) < 4.78 is 72.1. The quantitative estimate of drug-likeness (QED) is 0.302. The molecule has 0 radical (unpaired) electrons. The summed E-state index contributed by atoms with van der Waals surface area (Å²) >= 11 is 1.03. The number of urea groups is 1. The van der Waals surface area contributed by atoms with Crippen LogP contribution in [0.1, 0.15) is 17.1 Å². The van der Waals surface area contributed by atoms with E-state index in [4.69, 9.17) is 0 Å². The lowest BCUT2D eigenvalue weighted by molar-refractivity contribution is 0.251. The third-order valence-corrected chi connectivity index (χ3v) is 8.16. The molecule has 2 aromatic carbocycles. The highest BCUT2D eigenvalue weighted by Crippen LogP contribution is 2.25. The van der Waals surface area contributed by atoms with Crippen molar-refractivity contribution in [2.75, 3.05) is 5.32 Å². The van der Waals surface area contributed by atoms with Crippen molar-refractivity contribution in [3.05, 3.63) is 70.7 Å². The maximum atomic E-state index is 13.2.